The Kier molecular flexibility index (Phi) is 3.90. The third-order valence-electron chi connectivity index (χ3n) is 2.18. The first-order chi connectivity index (χ1) is 8.99. The normalized spacial score (nSPS) is 11.4. The van der Waals surface area contributed by atoms with Crippen molar-refractivity contribution in [3.05, 3.63) is 47.9 Å². The second-order valence-electron chi connectivity index (χ2n) is 3.61. The number of rotatable bonds is 3. The molecular weight excluding hydrogens is 281 g/mol. The van der Waals surface area contributed by atoms with Gasteiger partial charge in [0.15, 0.2) is 0 Å². The van der Waals surface area contributed by atoms with Crippen molar-refractivity contribution in [2.45, 2.75) is 12.1 Å². The Morgan fingerprint density at radius 3 is 2.68 bits per heavy atom. The van der Waals surface area contributed by atoms with Gasteiger partial charge in [-0.15, -0.1) is 11.6 Å². The van der Waals surface area contributed by atoms with Crippen molar-refractivity contribution in [3.63, 3.8) is 0 Å². The molecule has 0 bridgehead atoms. The van der Waals surface area contributed by atoms with Gasteiger partial charge in [0.1, 0.15) is 5.75 Å². The van der Waals surface area contributed by atoms with Gasteiger partial charge < -0.3 is 4.74 Å². The summed E-state index contributed by atoms with van der Waals surface area (Å²) in [7, 11) is 0. The molecule has 1 aromatic carbocycles. The van der Waals surface area contributed by atoms with E-state index in [0.29, 0.717) is 5.69 Å². The Morgan fingerprint density at radius 2 is 2.00 bits per heavy atom. The average molecular weight is 289 g/mol. The highest BCUT2D eigenvalue weighted by Gasteiger charge is 2.30. The van der Waals surface area contributed by atoms with Crippen molar-refractivity contribution in [2.24, 2.45) is 0 Å². The van der Waals surface area contributed by atoms with E-state index in [1.807, 2.05) is 0 Å². The highest BCUT2D eigenvalue weighted by atomic mass is 35.5. The number of benzene rings is 1. The molecule has 1 aromatic heterocycles. The van der Waals surface area contributed by atoms with Gasteiger partial charge in [-0.3, -0.25) is 4.98 Å². The van der Waals surface area contributed by atoms with Gasteiger partial charge in [0.25, 0.3) is 0 Å². The molecule has 0 spiro atoms. The summed E-state index contributed by atoms with van der Waals surface area (Å²) in [5.41, 5.74) is -0.308. The lowest BCUT2D eigenvalue weighted by molar-refractivity contribution is -0.137. The van der Waals surface area contributed by atoms with E-state index in [1.54, 1.807) is 0 Å². The van der Waals surface area contributed by atoms with Gasteiger partial charge >= 0.3 is 6.18 Å². The minimum Gasteiger partial charge on any atom is -0.437 e. The minimum absolute atomic E-state index is 0.0378. The summed E-state index contributed by atoms with van der Waals surface area (Å²) in [6.45, 7) is 0. The number of halogens is 4. The Morgan fingerprint density at radius 1 is 1.21 bits per heavy atom. The summed E-state index contributed by atoms with van der Waals surface area (Å²) in [4.78, 5) is 7.81. The molecule has 0 amide bonds. The van der Waals surface area contributed by atoms with Crippen LogP contribution in [0.5, 0.6) is 11.6 Å². The van der Waals surface area contributed by atoms with Gasteiger partial charge in [0.2, 0.25) is 5.88 Å². The number of aromatic nitrogens is 2. The molecule has 0 aliphatic carbocycles. The van der Waals surface area contributed by atoms with Crippen molar-refractivity contribution in [1.29, 1.82) is 0 Å². The molecule has 19 heavy (non-hydrogen) atoms. The van der Waals surface area contributed by atoms with Crippen LogP contribution in [0.3, 0.4) is 0 Å². The van der Waals surface area contributed by atoms with Crippen LogP contribution in [0, 0.1) is 0 Å². The second kappa shape index (κ2) is 5.44. The summed E-state index contributed by atoms with van der Waals surface area (Å²) >= 11 is 5.58. The lowest BCUT2D eigenvalue weighted by atomic mass is 10.2. The van der Waals surface area contributed by atoms with Crippen LogP contribution < -0.4 is 4.74 Å². The predicted octanol–water partition coefficient (Wildman–Crippen LogP) is 4.03. The molecule has 3 nitrogen and oxygen atoms in total. The quantitative estimate of drug-likeness (QED) is 0.800. The highest BCUT2D eigenvalue weighted by molar-refractivity contribution is 6.16. The monoisotopic (exact) mass is 288 g/mol. The Balaban J connectivity index is 2.23. The zero-order valence-electron chi connectivity index (χ0n) is 9.49. The molecule has 0 unspecified atom stereocenters. The Labute approximate surface area is 112 Å². The maximum absolute atomic E-state index is 12.5. The van der Waals surface area contributed by atoms with Crippen molar-refractivity contribution >= 4 is 11.6 Å². The molecule has 2 aromatic rings. The zero-order valence-corrected chi connectivity index (χ0v) is 10.2. The topological polar surface area (TPSA) is 35.0 Å². The molecule has 2 rings (SSSR count). The van der Waals surface area contributed by atoms with E-state index in [9.17, 15) is 13.2 Å². The van der Waals surface area contributed by atoms with Gasteiger partial charge in [-0.2, -0.15) is 13.2 Å². The van der Waals surface area contributed by atoms with Crippen molar-refractivity contribution in [1.82, 2.24) is 9.97 Å². The zero-order chi connectivity index (χ0) is 13.9. The SMILES string of the molecule is FC(F)(F)c1cccc(Oc2cncc(CCl)n2)c1. The van der Waals surface area contributed by atoms with Crippen molar-refractivity contribution in [2.75, 3.05) is 0 Å². The molecule has 0 fully saturated rings. The number of nitrogens with zero attached hydrogens (tertiary/aromatic N) is 2. The number of hydrogen-bond donors (Lipinski definition) is 0. The smallest absolute Gasteiger partial charge is 0.416 e. The standard InChI is InChI=1S/C12H8ClF3N2O/c13-5-9-6-17-7-11(18-9)19-10-3-1-2-8(4-10)12(14,15)16/h1-4,6-7H,5H2. The van der Waals surface area contributed by atoms with E-state index in [0.717, 1.165) is 12.1 Å². The van der Waals surface area contributed by atoms with Gasteiger partial charge in [0.05, 0.1) is 23.3 Å². The van der Waals surface area contributed by atoms with Crippen molar-refractivity contribution < 1.29 is 17.9 Å². The maximum atomic E-state index is 12.5. The van der Waals surface area contributed by atoms with E-state index in [4.69, 9.17) is 16.3 Å². The van der Waals surface area contributed by atoms with Crippen LogP contribution in [0.25, 0.3) is 0 Å². The molecule has 0 saturated heterocycles. The minimum atomic E-state index is -4.41. The lowest BCUT2D eigenvalue weighted by Gasteiger charge is -2.09. The van der Waals surface area contributed by atoms with Crippen LogP contribution in [0.4, 0.5) is 13.2 Å². The molecule has 100 valence electrons. The Hall–Kier alpha value is -1.82. The number of alkyl halides is 4. The van der Waals surface area contributed by atoms with E-state index in [-0.39, 0.29) is 17.5 Å². The molecule has 0 aliphatic rings. The second-order valence-corrected chi connectivity index (χ2v) is 3.88. The first-order valence-electron chi connectivity index (χ1n) is 5.21. The summed E-state index contributed by atoms with van der Waals surface area (Å²) in [5, 5.41) is 0. The summed E-state index contributed by atoms with van der Waals surface area (Å²) in [5.74, 6) is 0.278. The van der Waals surface area contributed by atoms with E-state index >= 15 is 0 Å². The fraction of sp³-hybridized carbons (Fsp3) is 0.167. The summed E-state index contributed by atoms with van der Waals surface area (Å²) < 4.78 is 42.8. The highest BCUT2D eigenvalue weighted by Crippen LogP contribution is 2.32. The van der Waals surface area contributed by atoms with E-state index in [2.05, 4.69) is 9.97 Å². The van der Waals surface area contributed by atoms with Gasteiger partial charge in [-0.1, -0.05) is 6.07 Å². The van der Waals surface area contributed by atoms with Crippen LogP contribution in [-0.4, -0.2) is 9.97 Å². The largest absolute Gasteiger partial charge is 0.437 e. The van der Waals surface area contributed by atoms with E-state index < -0.39 is 11.7 Å². The Bertz CT molecular complexity index is 575. The van der Waals surface area contributed by atoms with E-state index in [1.165, 1.54) is 24.5 Å². The van der Waals surface area contributed by atoms with Crippen LogP contribution in [0.1, 0.15) is 11.3 Å². The summed E-state index contributed by atoms with van der Waals surface area (Å²) in [6, 6.07) is 4.53. The molecule has 1 heterocycles. The van der Waals surface area contributed by atoms with Gasteiger partial charge in [-0.25, -0.2) is 4.98 Å². The van der Waals surface area contributed by atoms with Crippen LogP contribution in [0.2, 0.25) is 0 Å². The first-order valence-corrected chi connectivity index (χ1v) is 5.74. The fourth-order valence-electron chi connectivity index (χ4n) is 1.36. The molecule has 0 atom stereocenters. The summed E-state index contributed by atoms with van der Waals surface area (Å²) in [6.07, 6.45) is -1.66. The number of hydrogen-bond acceptors (Lipinski definition) is 3. The molecule has 0 aliphatic heterocycles. The maximum Gasteiger partial charge on any atom is 0.416 e. The molecule has 0 N–H and O–H groups in total. The van der Waals surface area contributed by atoms with Gasteiger partial charge in [-0.05, 0) is 18.2 Å². The average Bonchev–Trinajstić information content (AvgIpc) is 2.38. The third kappa shape index (κ3) is 3.57. The molecule has 0 radical (unpaired) electrons. The van der Waals surface area contributed by atoms with Crippen LogP contribution in [-0.2, 0) is 12.1 Å². The van der Waals surface area contributed by atoms with Crippen molar-refractivity contribution in [3.8, 4) is 11.6 Å². The predicted molar refractivity (Wildman–Crippen MR) is 63.1 cm³/mol. The van der Waals surface area contributed by atoms with Crippen LogP contribution >= 0.6 is 11.6 Å². The molecular formula is C12H8ClF3N2O. The van der Waals surface area contributed by atoms with Gasteiger partial charge in [0, 0.05) is 6.20 Å². The molecule has 7 heteroatoms. The van der Waals surface area contributed by atoms with Crippen LogP contribution in [0.15, 0.2) is 36.7 Å². The first kappa shape index (κ1) is 13.6. The number of ether oxygens (including phenoxy) is 1. The lowest BCUT2D eigenvalue weighted by Crippen LogP contribution is -2.04. The molecule has 0 saturated carbocycles. The third-order valence-corrected chi connectivity index (χ3v) is 2.46. The fourth-order valence-corrected chi connectivity index (χ4v) is 1.49.